The molecule has 0 saturated carbocycles. The number of hydrogen-bond acceptors (Lipinski definition) is 4. The Kier molecular flexibility index (Phi) is 3.46. The Morgan fingerprint density at radius 1 is 1.45 bits per heavy atom. The molecule has 2 heterocycles. The van der Waals surface area contributed by atoms with Gasteiger partial charge in [-0.05, 0) is 30.5 Å². The van der Waals surface area contributed by atoms with Gasteiger partial charge in [-0.2, -0.15) is 4.98 Å². The van der Waals surface area contributed by atoms with Gasteiger partial charge < -0.3 is 14.8 Å². The van der Waals surface area contributed by atoms with E-state index < -0.39 is 5.56 Å². The van der Waals surface area contributed by atoms with Gasteiger partial charge in [0.25, 0.3) is 5.56 Å². The molecule has 1 aromatic carbocycles. The fourth-order valence-electron chi connectivity index (χ4n) is 2.33. The first-order valence-electron chi connectivity index (χ1n) is 6.36. The lowest BCUT2D eigenvalue weighted by Crippen LogP contribution is -2.16. The van der Waals surface area contributed by atoms with E-state index in [9.17, 15) is 9.90 Å². The Hall–Kier alpha value is -1.85. The van der Waals surface area contributed by atoms with Crippen molar-refractivity contribution < 1.29 is 9.84 Å². The predicted octanol–water partition coefficient (Wildman–Crippen LogP) is 2.65. The molecule has 3 rings (SSSR count). The molecule has 0 radical (unpaired) electrons. The van der Waals surface area contributed by atoms with Crippen LogP contribution in [0.15, 0.2) is 29.1 Å². The summed E-state index contributed by atoms with van der Waals surface area (Å²) < 4.78 is 5.45. The van der Waals surface area contributed by atoms with Crippen LogP contribution in [0.2, 0.25) is 5.02 Å². The first kappa shape index (κ1) is 13.1. The van der Waals surface area contributed by atoms with Gasteiger partial charge in [-0.1, -0.05) is 23.7 Å². The van der Waals surface area contributed by atoms with Gasteiger partial charge in [0.15, 0.2) is 0 Å². The average molecular weight is 293 g/mol. The standard InChI is InChI=1S/C14H13ClN2O3/c15-9-4-1-3-8(7-9)11-13(18)16-12(17-14(11)19)10-5-2-6-20-10/h1,3-4,7,10H,2,5-6H2,(H2,16,17,18,19). The smallest absolute Gasteiger partial charge is 0.262 e. The molecule has 104 valence electrons. The van der Waals surface area contributed by atoms with Crippen LogP contribution < -0.4 is 5.56 Å². The third kappa shape index (κ3) is 2.42. The number of benzene rings is 1. The molecule has 1 atom stereocenters. The molecule has 1 aromatic heterocycles. The number of H-pyrrole nitrogens is 1. The number of hydrogen-bond donors (Lipinski definition) is 2. The van der Waals surface area contributed by atoms with E-state index in [0.717, 1.165) is 12.8 Å². The highest BCUT2D eigenvalue weighted by atomic mass is 35.5. The summed E-state index contributed by atoms with van der Waals surface area (Å²) in [6, 6.07) is 6.72. The zero-order valence-electron chi connectivity index (χ0n) is 10.6. The van der Waals surface area contributed by atoms with E-state index in [2.05, 4.69) is 9.97 Å². The molecule has 1 fully saturated rings. The highest BCUT2D eigenvalue weighted by Gasteiger charge is 2.22. The lowest BCUT2D eigenvalue weighted by atomic mass is 10.1. The fourth-order valence-corrected chi connectivity index (χ4v) is 2.52. The molecule has 0 amide bonds. The van der Waals surface area contributed by atoms with Crippen molar-refractivity contribution in [3.8, 4) is 17.0 Å². The second-order valence-electron chi connectivity index (χ2n) is 4.66. The second kappa shape index (κ2) is 5.26. The maximum atomic E-state index is 12.2. The van der Waals surface area contributed by atoms with Gasteiger partial charge in [-0.25, -0.2) is 0 Å². The van der Waals surface area contributed by atoms with Crippen LogP contribution in [0.25, 0.3) is 11.1 Å². The molecule has 5 nitrogen and oxygen atoms in total. The van der Waals surface area contributed by atoms with Gasteiger partial charge in [0, 0.05) is 11.6 Å². The SMILES string of the molecule is O=c1[nH]c(C2CCCO2)nc(O)c1-c1cccc(Cl)c1. The van der Waals surface area contributed by atoms with Crippen molar-refractivity contribution in [2.75, 3.05) is 6.61 Å². The Morgan fingerprint density at radius 2 is 2.30 bits per heavy atom. The highest BCUT2D eigenvalue weighted by Crippen LogP contribution is 2.30. The number of aromatic nitrogens is 2. The minimum absolute atomic E-state index is 0.120. The van der Waals surface area contributed by atoms with E-state index in [4.69, 9.17) is 16.3 Å². The van der Waals surface area contributed by atoms with Crippen LogP contribution in [0.5, 0.6) is 5.88 Å². The van der Waals surface area contributed by atoms with Crippen molar-refractivity contribution >= 4 is 11.6 Å². The van der Waals surface area contributed by atoms with Crippen LogP contribution >= 0.6 is 11.6 Å². The Bertz CT molecular complexity index is 693. The number of aromatic hydroxyl groups is 1. The number of nitrogens with one attached hydrogen (secondary N) is 1. The maximum Gasteiger partial charge on any atom is 0.262 e. The van der Waals surface area contributed by atoms with Gasteiger partial charge in [-0.15, -0.1) is 0 Å². The number of rotatable bonds is 2. The number of nitrogens with zero attached hydrogens (tertiary/aromatic N) is 1. The summed E-state index contributed by atoms with van der Waals surface area (Å²) in [6.07, 6.45) is 1.46. The van der Waals surface area contributed by atoms with E-state index in [-0.39, 0.29) is 17.5 Å². The summed E-state index contributed by atoms with van der Waals surface area (Å²) in [5, 5.41) is 10.5. The second-order valence-corrected chi connectivity index (χ2v) is 5.10. The van der Waals surface area contributed by atoms with Crippen LogP contribution in [-0.4, -0.2) is 21.7 Å². The van der Waals surface area contributed by atoms with Crippen molar-refractivity contribution in [3.05, 3.63) is 45.5 Å². The molecule has 1 unspecified atom stereocenters. The molecule has 6 heteroatoms. The monoisotopic (exact) mass is 292 g/mol. The van der Waals surface area contributed by atoms with E-state index in [0.29, 0.717) is 23.0 Å². The quantitative estimate of drug-likeness (QED) is 0.892. The third-order valence-electron chi connectivity index (χ3n) is 3.27. The molecule has 2 N–H and O–H groups in total. The van der Waals surface area contributed by atoms with E-state index in [1.54, 1.807) is 24.3 Å². The van der Waals surface area contributed by atoms with Crippen LogP contribution in [0.4, 0.5) is 0 Å². The van der Waals surface area contributed by atoms with Crippen molar-refractivity contribution in [2.45, 2.75) is 18.9 Å². The summed E-state index contributed by atoms with van der Waals surface area (Å²) in [5.41, 5.74) is 0.252. The van der Waals surface area contributed by atoms with Crippen LogP contribution in [-0.2, 0) is 4.74 Å². The Morgan fingerprint density at radius 3 is 2.95 bits per heavy atom. The summed E-state index contributed by atoms with van der Waals surface area (Å²) in [5.74, 6) is 0.0669. The largest absolute Gasteiger partial charge is 0.493 e. The minimum atomic E-state index is -0.398. The first-order valence-corrected chi connectivity index (χ1v) is 6.73. The maximum absolute atomic E-state index is 12.2. The first-order chi connectivity index (χ1) is 9.65. The van der Waals surface area contributed by atoms with Gasteiger partial charge in [0.2, 0.25) is 5.88 Å². The average Bonchev–Trinajstić information content (AvgIpc) is 2.91. The van der Waals surface area contributed by atoms with E-state index in [1.165, 1.54) is 0 Å². The van der Waals surface area contributed by atoms with Gasteiger partial charge in [0.1, 0.15) is 17.5 Å². The van der Waals surface area contributed by atoms with E-state index in [1.807, 2.05) is 0 Å². The van der Waals surface area contributed by atoms with Crippen molar-refractivity contribution in [1.82, 2.24) is 9.97 Å². The van der Waals surface area contributed by atoms with Crippen LogP contribution in [0, 0.1) is 0 Å². The summed E-state index contributed by atoms with van der Waals surface area (Å²) >= 11 is 5.90. The van der Waals surface area contributed by atoms with Crippen LogP contribution in [0.3, 0.4) is 0 Å². The predicted molar refractivity (Wildman–Crippen MR) is 74.9 cm³/mol. The van der Waals surface area contributed by atoms with Gasteiger partial charge >= 0.3 is 0 Å². The molecule has 0 aliphatic carbocycles. The normalized spacial score (nSPS) is 18.4. The lowest BCUT2D eigenvalue weighted by Gasteiger charge is -2.10. The van der Waals surface area contributed by atoms with Crippen molar-refractivity contribution in [1.29, 1.82) is 0 Å². The number of aromatic amines is 1. The molecule has 1 aliphatic heterocycles. The number of halogens is 1. The van der Waals surface area contributed by atoms with Crippen molar-refractivity contribution in [3.63, 3.8) is 0 Å². The lowest BCUT2D eigenvalue weighted by molar-refractivity contribution is 0.104. The van der Waals surface area contributed by atoms with Gasteiger partial charge in [-0.3, -0.25) is 4.79 Å². The highest BCUT2D eigenvalue weighted by molar-refractivity contribution is 6.30. The van der Waals surface area contributed by atoms with Gasteiger partial charge in [0.05, 0.1) is 0 Å². The Balaban J connectivity index is 2.07. The molecule has 20 heavy (non-hydrogen) atoms. The van der Waals surface area contributed by atoms with E-state index >= 15 is 0 Å². The minimum Gasteiger partial charge on any atom is -0.493 e. The molecular weight excluding hydrogens is 280 g/mol. The molecule has 1 saturated heterocycles. The summed E-state index contributed by atoms with van der Waals surface area (Å²) in [4.78, 5) is 18.9. The van der Waals surface area contributed by atoms with Crippen molar-refractivity contribution in [2.24, 2.45) is 0 Å². The summed E-state index contributed by atoms with van der Waals surface area (Å²) in [6.45, 7) is 0.644. The zero-order valence-corrected chi connectivity index (χ0v) is 11.4. The molecule has 2 aromatic rings. The van der Waals surface area contributed by atoms with Crippen LogP contribution in [0.1, 0.15) is 24.8 Å². The molecule has 0 bridgehead atoms. The topological polar surface area (TPSA) is 75.2 Å². The summed E-state index contributed by atoms with van der Waals surface area (Å²) in [7, 11) is 0. The fraction of sp³-hybridized carbons (Fsp3) is 0.286. The number of ether oxygens (including phenoxy) is 1. The zero-order chi connectivity index (χ0) is 14.1. The Labute approximate surface area is 120 Å². The molecule has 1 aliphatic rings. The molecular formula is C14H13ClN2O3. The molecule has 0 spiro atoms. The third-order valence-corrected chi connectivity index (χ3v) is 3.50.